The first-order chi connectivity index (χ1) is 15.2. The van der Waals surface area contributed by atoms with Crippen molar-refractivity contribution in [2.24, 2.45) is 0 Å². The molecule has 1 fully saturated rings. The molecule has 1 saturated heterocycles. The average molecular weight is 451 g/mol. The zero-order chi connectivity index (χ0) is 23.7. The summed E-state index contributed by atoms with van der Waals surface area (Å²) < 4.78 is 18.1. The number of nitrogens with zero attached hydrogens (tertiary/aromatic N) is 1. The number of carbonyl (C=O) groups is 5. The van der Waals surface area contributed by atoms with Gasteiger partial charge in [-0.05, 0) is 37.0 Å². The SMILES string of the molecule is CC(=O)Nc1cccc(COC(=O)N2CCCCC2C(=O)NC(CC(=O)O)C(=O)CF)c1. The van der Waals surface area contributed by atoms with Crippen molar-refractivity contribution in [3.05, 3.63) is 29.8 Å². The number of alkyl halides is 1. The summed E-state index contributed by atoms with van der Waals surface area (Å²) >= 11 is 0. The molecule has 0 aromatic heterocycles. The Labute approximate surface area is 184 Å². The molecule has 174 valence electrons. The molecule has 1 aromatic carbocycles. The number of rotatable bonds is 9. The molecule has 2 atom stereocenters. The number of nitrogens with one attached hydrogen (secondary N) is 2. The normalized spacial score (nSPS) is 16.6. The molecule has 10 nitrogen and oxygen atoms in total. The van der Waals surface area contributed by atoms with Crippen molar-refractivity contribution < 1.29 is 38.2 Å². The molecule has 0 aliphatic carbocycles. The smallest absolute Gasteiger partial charge is 0.410 e. The highest BCUT2D eigenvalue weighted by molar-refractivity contribution is 5.94. The van der Waals surface area contributed by atoms with Crippen LogP contribution in [0.4, 0.5) is 14.9 Å². The number of ketones is 1. The molecule has 3 amide bonds. The Bertz CT molecular complexity index is 877. The number of amides is 3. The molecule has 1 heterocycles. The fourth-order valence-corrected chi connectivity index (χ4v) is 3.37. The fourth-order valence-electron chi connectivity index (χ4n) is 3.37. The van der Waals surface area contributed by atoms with Crippen LogP contribution in [0, 0.1) is 0 Å². The van der Waals surface area contributed by atoms with Crippen LogP contribution in [0.25, 0.3) is 0 Å². The molecule has 0 radical (unpaired) electrons. The van der Waals surface area contributed by atoms with E-state index in [1.54, 1.807) is 24.3 Å². The van der Waals surface area contributed by atoms with Crippen molar-refractivity contribution in [3.63, 3.8) is 0 Å². The molecule has 3 N–H and O–H groups in total. The number of aliphatic carboxylic acids is 1. The number of carbonyl (C=O) groups excluding carboxylic acids is 4. The van der Waals surface area contributed by atoms with Crippen molar-refractivity contribution in [2.45, 2.75) is 51.3 Å². The summed E-state index contributed by atoms with van der Waals surface area (Å²) in [6.45, 7) is 0.102. The molecule has 32 heavy (non-hydrogen) atoms. The number of hydrogen-bond acceptors (Lipinski definition) is 6. The predicted molar refractivity (Wildman–Crippen MR) is 110 cm³/mol. The molecule has 1 aliphatic heterocycles. The predicted octanol–water partition coefficient (Wildman–Crippen LogP) is 1.63. The number of anilines is 1. The first-order valence-electron chi connectivity index (χ1n) is 10.1. The van der Waals surface area contributed by atoms with Gasteiger partial charge in [0.25, 0.3) is 0 Å². The summed E-state index contributed by atoms with van der Waals surface area (Å²) in [6.07, 6.45) is 0.0697. The lowest BCUT2D eigenvalue weighted by Crippen LogP contribution is -2.55. The van der Waals surface area contributed by atoms with E-state index in [4.69, 9.17) is 9.84 Å². The zero-order valence-electron chi connectivity index (χ0n) is 17.6. The van der Waals surface area contributed by atoms with Gasteiger partial charge < -0.3 is 20.5 Å². The monoisotopic (exact) mass is 451 g/mol. The van der Waals surface area contributed by atoms with Crippen LogP contribution in [-0.4, -0.2) is 65.0 Å². The van der Waals surface area contributed by atoms with Gasteiger partial charge in [-0.15, -0.1) is 0 Å². The van der Waals surface area contributed by atoms with Crippen LogP contribution in [-0.2, 0) is 30.5 Å². The lowest BCUT2D eigenvalue weighted by molar-refractivity contribution is -0.140. The van der Waals surface area contributed by atoms with Crippen molar-refractivity contribution >= 4 is 35.3 Å². The summed E-state index contributed by atoms with van der Waals surface area (Å²) in [5.74, 6) is -3.39. The molecule has 0 spiro atoms. The van der Waals surface area contributed by atoms with Crippen LogP contribution in [0.1, 0.15) is 38.2 Å². The quantitative estimate of drug-likeness (QED) is 0.518. The van der Waals surface area contributed by atoms with Crippen LogP contribution in [0.5, 0.6) is 0 Å². The second-order valence-electron chi connectivity index (χ2n) is 7.40. The summed E-state index contributed by atoms with van der Waals surface area (Å²) in [4.78, 5) is 60.3. The largest absolute Gasteiger partial charge is 0.481 e. The minimum atomic E-state index is -1.51. The van der Waals surface area contributed by atoms with E-state index in [0.29, 0.717) is 30.5 Å². The van der Waals surface area contributed by atoms with Crippen molar-refractivity contribution in [3.8, 4) is 0 Å². The third kappa shape index (κ3) is 7.33. The van der Waals surface area contributed by atoms with E-state index in [9.17, 15) is 28.4 Å². The topological polar surface area (TPSA) is 142 Å². The van der Waals surface area contributed by atoms with Gasteiger partial charge in [0.1, 0.15) is 25.4 Å². The van der Waals surface area contributed by atoms with Gasteiger partial charge in [0.2, 0.25) is 11.8 Å². The zero-order valence-corrected chi connectivity index (χ0v) is 17.6. The highest BCUT2D eigenvalue weighted by Gasteiger charge is 2.35. The third-order valence-electron chi connectivity index (χ3n) is 4.87. The first-order valence-corrected chi connectivity index (χ1v) is 10.1. The van der Waals surface area contributed by atoms with Gasteiger partial charge in [-0.3, -0.25) is 24.1 Å². The van der Waals surface area contributed by atoms with E-state index < -0.39 is 48.9 Å². The minimum absolute atomic E-state index is 0.0981. The third-order valence-corrected chi connectivity index (χ3v) is 4.87. The van der Waals surface area contributed by atoms with Crippen LogP contribution in [0.2, 0.25) is 0 Å². The van der Waals surface area contributed by atoms with Gasteiger partial charge >= 0.3 is 12.1 Å². The summed E-state index contributed by atoms with van der Waals surface area (Å²) in [5.41, 5.74) is 1.17. The standard InChI is InChI=1S/C21H26FN3O7/c1-13(26)23-15-6-4-5-14(9-15)12-32-21(31)25-8-3-2-7-17(25)20(30)24-16(10-19(28)29)18(27)11-22/h4-6,9,16-17H,2-3,7-8,10-12H2,1H3,(H,23,26)(H,24,30)(H,28,29). The molecular formula is C21H26FN3O7. The van der Waals surface area contributed by atoms with E-state index in [0.717, 1.165) is 0 Å². The first kappa shape index (κ1) is 24.8. The number of likely N-dealkylation sites (tertiary alicyclic amines) is 1. The van der Waals surface area contributed by atoms with E-state index >= 15 is 0 Å². The Hall–Kier alpha value is -3.50. The molecule has 2 unspecified atom stereocenters. The van der Waals surface area contributed by atoms with Crippen molar-refractivity contribution in [1.29, 1.82) is 0 Å². The Morgan fingerprint density at radius 1 is 1.25 bits per heavy atom. The van der Waals surface area contributed by atoms with Crippen molar-refractivity contribution in [1.82, 2.24) is 10.2 Å². The highest BCUT2D eigenvalue weighted by Crippen LogP contribution is 2.20. The second-order valence-corrected chi connectivity index (χ2v) is 7.40. The maximum atomic E-state index is 12.7. The van der Waals surface area contributed by atoms with Crippen LogP contribution < -0.4 is 10.6 Å². The van der Waals surface area contributed by atoms with Gasteiger partial charge in [-0.25, -0.2) is 9.18 Å². The molecule has 0 bridgehead atoms. The lowest BCUT2D eigenvalue weighted by atomic mass is 10.0. The fraction of sp³-hybridized carbons (Fsp3) is 0.476. The Kier molecular flexibility index (Phi) is 9.11. The van der Waals surface area contributed by atoms with E-state index in [-0.39, 0.29) is 19.1 Å². The Balaban J connectivity index is 2.03. The molecule has 0 saturated carbocycles. The van der Waals surface area contributed by atoms with Crippen LogP contribution >= 0.6 is 0 Å². The van der Waals surface area contributed by atoms with Crippen molar-refractivity contribution in [2.75, 3.05) is 18.5 Å². The number of halogens is 1. The van der Waals surface area contributed by atoms with Gasteiger partial charge in [-0.2, -0.15) is 0 Å². The number of ether oxygens (including phenoxy) is 1. The molecular weight excluding hydrogens is 425 g/mol. The van der Waals surface area contributed by atoms with E-state index in [1.165, 1.54) is 11.8 Å². The average Bonchev–Trinajstić information content (AvgIpc) is 2.75. The number of hydrogen-bond donors (Lipinski definition) is 3. The Morgan fingerprint density at radius 3 is 2.66 bits per heavy atom. The van der Waals surface area contributed by atoms with Crippen LogP contribution in [0.3, 0.4) is 0 Å². The number of carboxylic acid groups (broad SMARTS) is 1. The Morgan fingerprint density at radius 2 is 2.00 bits per heavy atom. The van der Waals surface area contributed by atoms with E-state index in [2.05, 4.69) is 10.6 Å². The molecule has 11 heteroatoms. The van der Waals surface area contributed by atoms with E-state index in [1.807, 2.05) is 0 Å². The second kappa shape index (κ2) is 11.8. The maximum Gasteiger partial charge on any atom is 0.410 e. The molecule has 2 rings (SSSR count). The highest BCUT2D eigenvalue weighted by atomic mass is 19.1. The van der Waals surface area contributed by atoms with Gasteiger partial charge in [0, 0.05) is 19.2 Å². The maximum absolute atomic E-state index is 12.7. The summed E-state index contributed by atoms with van der Waals surface area (Å²) in [7, 11) is 0. The number of carboxylic acids is 1. The van der Waals surface area contributed by atoms with Crippen LogP contribution in [0.15, 0.2) is 24.3 Å². The summed E-state index contributed by atoms with van der Waals surface area (Å²) in [5, 5.41) is 13.8. The molecule has 1 aromatic rings. The van der Waals surface area contributed by atoms with Gasteiger partial charge in [0.15, 0.2) is 5.78 Å². The van der Waals surface area contributed by atoms with Gasteiger partial charge in [-0.1, -0.05) is 12.1 Å². The summed E-state index contributed by atoms with van der Waals surface area (Å²) in [6, 6.07) is 4.25. The molecule has 1 aliphatic rings. The number of piperidine rings is 1. The lowest BCUT2D eigenvalue weighted by Gasteiger charge is -2.34. The van der Waals surface area contributed by atoms with Gasteiger partial charge in [0.05, 0.1) is 6.42 Å². The minimum Gasteiger partial charge on any atom is -0.481 e. The number of benzene rings is 1. The number of Topliss-reactive ketones (excluding diaryl/α,β-unsaturated/α-hetero) is 1.